The lowest BCUT2D eigenvalue weighted by Gasteiger charge is -2.17. The smallest absolute Gasteiger partial charge is 0.227 e. The zero-order chi connectivity index (χ0) is 17.4. The summed E-state index contributed by atoms with van der Waals surface area (Å²) in [6, 6.07) is 15.8. The molecule has 1 saturated heterocycles. The molecule has 3 aromatic rings. The number of anilines is 1. The molecule has 1 aromatic heterocycles. The fraction of sp³-hybridized carbons (Fsp3) is 0.300. The van der Waals surface area contributed by atoms with Crippen LogP contribution in [0.1, 0.15) is 25.1 Å². The molecule has 128 valence electrons. The predicted molar refractivity (Wildman–Crippen MR) is 98.1 cm³/mol. The van der Waals surface area contributed by atoms with Crippen LogP contribution >= 0.6 is 0 Å². The van der Waals surface area contributed by atoms with Gasteiger partial charge in [0.25, 0.3) is 0 Å². The molecule has 1 unspecified atom stereocenters. The molecule has 0 N–H and O–H groups in total. The average molecular weight is 335 g/mol. The number of amides is 1. The van der Waals surface area contributed by atoms with Gasteiger partial charge < -0.3 is 14.2 Å². The summed E-state index contributed by atoms with van der Waals surface area (Å²) in [5.41, 5.74) is 3.00. The fourth-order valence-corrected chi connectivity index (χ4v) is 3.65. The van der Waals surface area contributed by atoms with Gasteiger partial charge in [-0.2, -0.15) is 0 Å². The van der Waals surface area contributed by atoms with E-state index in [4.69, 9.17) is 9.72 Å². The van der Waals surface area contributed by atoms with Gasteiger partial charge >= 0.3 is 0 Å². The molecule has 0 radical (unpaired) electrons. The summed E-state index contributed by atoms with van der Waals surface area (Å²) in [5, 5.41) is 0. The Morgan fingerprint density at radius 1 is 1.20 bits per heavy atom. The summed E-state index contributed by atoms with van der Waals surface area (Å²) >= 11 is 0. The van der Waals surface area contributed by atoms with E-state index in [1.165, 1.54) is 0 Å². The molecule has 0 saturated carbocycles. The Labute approximate surface area is 146 Å². The Bertz CT molecular complexity index is 932. The Morgan fingerprint density at radius 3 is 2.84 bits per heavy atom. The molecule has 1 aliphatic heterocycles. The highest BCUT2D eigenvalue weighted by atomic mass is 16.5. The maximum atomic E-state index is 12.6. The van der Waals surface area contributed by atoms with Crippen molar-refractivity contribution >= 4 is 22.6 Å². The molecular formula is C20H21N3O2. The number of aryl methyl sites for hydroxylation is 1. The lowest BCUT2D eigenvalue weighted by molar-refractivity contribution is -0.117. The fourth-order valence-electron chi connectivity index (χ4n) is 3.65. The van der Waals surface area contributed by atoms with E-state index in [0.717, 1.165) is 34.8 Å². The third-order valence-corrected chi connectivity index (χ3v) is 4.86. The number of hydrogen-bond acceptors (Lipinski definition) is 3. The van der Waals surface area contributed by atoms with Crippen LogP contribution in [0.15, 0.2) is 48.5 Å². The minimum atomic E-state index is 0.103. The molecule has 1 fully saturated rings. The van der Waals surface area contributed by atoms with Gasteiger partial charge in [-0.3, -0.25) is 4.79 Å². The van der Waals surface area contributed by atoms with Gasteiger partial charge in [0.05, 0.1) is 18.1 Å². The van der Waals surface area contributed by atoms with E-state index in [-0.39, 0.29) is 11.8 Å². The van der Waals surface area contributed by atoms with Crippen molar-refractivity contribution < 1.29 is 9.53 Å². The monoisotopic (exact) mass is 335 g/mol. The molecule has 5 nitrogen and oxygen atoms in total. The minimum Gasteiger partial charge on any atom is -0.497 e. The summed E-state index contributed by atoms with van der Waals surface area (Å²) in [6.07, 6.45) is 0.487. The van der Waals surface area contributed by atoms with Crippen LogP contribution in [0.2, 0.25) is 0 Å². The largest absolute Gasteiger partial charge is 0.497 e. The summed E-state index contributed by atoms with van der Waals surface area (Å²) in [4.78, 5) is 19.3. The number of ether oxygens (including phenoxy) is 1. The van der Waals surface area contributed by atoms with Crippen molar-refractivity contribution in [2.24, 2.45) is 0 Å². The highest BCUT2D eigenvalue weighted by molar-refractivity contribution is 5.96. The quantitative estimate of drug-likeness (QED) is 0.732. The van der Waals surface area contributed by atoms with Gasteiger partial charge in [-0.25, -0.2) is 4.98 Å². The van der Waals surface area contributed by atoms with Crippen molar-refractivity contribution in [3.63, 3.8) is 0 Å². The van der Waals surface area contributed by atoms with Crippen molar-refractivity contribution in [1.82, 2.24) is 9.55 Å². The van der Waals surface area contributed by atoms with E-state index in [0.29, 0.717) is 13.0 Å². The first-order chi connectivity index (χ1) is 12.2. The van der Waals surface area contributed by atoms with E-state index in [9.17, 15) is 4.79 Å². The van der Waals surface area contributed by atoms with Crippen molar-refractivity contribution in [3.8, 4) is 5.75 Å². The minimum absolute atomic E-state index is 0.103. The van der Waals surface area contributed by atoms with Crippen LogP contribution in [0.5, 0.6) is 5.75 Å². The van der Waals surface area contributed by atoms with Crippen LogP contribution in [0, 0.1) is 0 Å². The second-order valence-electron chi connectivity index (χ2n) is 6.31. The van der Waals surface area contributed by atoms with Crippen LogP contribution in [-0.4, -0.2) is 29.1 Å². The van der Waals surface area contributed by atoms with Gasteiger partial charge in [-0.15, -0.1) is 0 Å². The number of nitrogens with zero attached hydrogens (tertiary/aromatic N) is 3. The summed E-state index contributed by atoms with van der Waals surface area (Å²) < 4.78 is 7.51. The highest BCUT2D eigenvalue weighted by Crippen LogP contribution is 2.34. The number of hydrogen-bond donors (Lipinski definition) is 0. The van der Waals surface area contributed by atoms with Crippen LogP contribution in [0.4, 0.5) is 5.69 Å². The highest BCUT2D eigenvalue weighted by Gasteiger charge is 2.34. The maximum absolute atomic E-state index is 12.6. The van der Waals surface area contributed by atoms with Gasteiger partial charge in [0.2, 0.25) is 5.91 Å². The van der Waals surface area contributed by atoms with E-state index in [1.54, 1.807) is 7.11 Å². The SMILES string of the molecule is CCn1c(C2CC(=O)N(c3cccc(OC)c3)C2)nc2ccccc21. The number of imidazole rings is 1. The molecule has 2 aromatic carbocycles. The van der Waals surface area contributed by atoms with E-state index in [1.807, 2.05) is 47.4 Å². The Kier molecular flexibility index (Phi) is 3.92. The van der Waals surface area contributed by atoms with Crippen molar-refractivity contribution in [2.45, 2.75) is 25.8 Å². The number of carbonyl (C=O) groups is 1. The lowest BCUT2D eigenvalue weighted by atomic mass is 10.1. The van der Waals surface area contributed by atoms with Crippen molar-refractivity contribution in [1.29, 1.82) is 0 Å². The molecule has 2 heterocycles. The van der Waals surface area contributed by atoms with Gasteiger partial charge in [0.15, 0.2) is 0 Å². The molecular weight excluding hydrogens is 314 g/mol. The van der Waals surface area contributed by atoms with Crippen molar-refractivity contribution in [2.75, 3.05) is 18.6 Å². The van der Waals surface area contributed by atoms with Crippen LogP contribution in [0.25, 0.3) is 11.0 Å². The topological polar surface area (TPSA) is 47.4 Å². The maximum Gasteiger partial charge on any atom is 0.227 e. The van der Waals surface area contributed by atoms with Gasteiger partial charge in [-0.1, -0.05) is 18.2 Å². The average Bonchev–Trinajstić information content (AvgIpc) is 3.21. The zero-order valence-electron chi connectivity index (χ0n) is 14.5. The zero-order valence-corrected chi connectivity index (χ0v) is 14.5. The van der Waals surface area contributed by atoms with Crippen LogP contribution in [-0.2, 0) is 11.3 Å². The molecule has 0 spiro atoms. The number of carbonyl (C=O) groups excluding carboxylic acids is 1. The molecule has 5 heteroatoms. The first kappa shape index (κ1) is 15.7. The van der Waals surface area contributed by atoms with E-state index < -0.39 is 0 Å². The summed E-state index contributed by atoms with van der Waals surface area (Å²) in [7, 11) is 1.64. The van der Waals surface area contributed by atoms with Crippen LogP contribution < -0.4 is 9.64 Å². The molecule has 1 atom stereocenters. The Balaban J connectivity index is 1.68. The summed E-state index contributed by atoms with van der Waals surface area (Å²) in [6.45, 7) is 3.61. The number of benzene rings is 2. The Morgan fingerprint density at radius 2 is 2.04 bits per heavy atom. The summed E-state index contributed by atoms with van der Waals surface area (Å²) in [5.74, 6) is 2.00. The van der Waals surface area contributed by atoms with E-state index in [2.05, 4.69) is 17.6 Å². The first-order valence-electron chi connectivity index (χ1n) is 8.61. The third-order valence-electron chi connectivity index (χ3n) is 4.86. The predicted octanol–water partition coefficient (Wildman–Crippen LogP) is 3.59. The first-order valence-corrected chi connectivity index (χ1v) is 8.61. The number of methoxy groups -OCH3 is 1. The molecule has 1 aliphatic rings. The molecule has 1 amide bonds. The van der Waals surface area contributed by atoms with Crippen molar-refractivity contribution in [3.05, 3.63) is 54.4 Å². The molecule has 25 heavy (non-hydrogen) atoms. The molecule has 0 bridgehead atoms. The van der Waals surface area contributed by atoms with Gasteiger partial charge in [-0.05, 0) is 31.2 Å². The normalized spacial score (nSPS) is 17.4. The standard InChI is InChI=1S/C20H21N3O2/c1-3-22-18-10-5-4-9-17(18)21-20(22)14-11-19(24)23(13-14)15-7-6-8-16(12-15)25-2/h4-10,12,14H,3,11,13H2,1-2H3. The third kappa shape index (κ3) is 2.65. The number of fused-ring (bicyclic) bond motifs is 1. The van der Waals surface area contributed by atoms with Crippen LogP contribution in [0.3, 0.4) is 0 Å². The number of para-hydroxylation sites is 2. The number of aromatic nitrogens is 2. The van der Waals surface area contributed by atoms with Gasteiger partial charge in [0, 0.05) is 37.2 Å². The lowest BCUT2D eigenvalue weighted by Crippen LogP contribution is -2.24. The second kappa shape index (κ2) is 6.24. The Hall–Kier alpha value is -2.82. The molecule has 0 aliphatic carbocycles. The number of rotatable bonds is 4. The van der Waals surface area contributed by atoms with E-state index >= 15 is 0 Å². The van der Waals surface area contributed by atoms with Gasteiger partial charge in [0.1, 0.15) is 11.6 Å². The second-order valence-corrected chi connectivity index (χ2v) is 6.31. The molecule has 4 rings (SSSR count).